The number of aliphatic hydroxyl groups excluding tert-OH is 1. The van der Waals surface area contributed by atoms with E-state index >= 15 is 0 Å². The van der Waals surface area contributed by atoms with E-state index in [1.165, 1.54) is 6.92 Å². The fraction of sp³-hybridized carbons (Fsp3) is 0.743. The summed E-state index contributed by atoms with van der Waals surface area (Å²) in [6.07, 6.45) is 8.10. The SMILES string of the molecule is C=C(C)C(=O)OCCOC(=O)NCCCCCCNC(=O)OCCC1CCCCN1C(O)NCCCCCCNC(=O)OCCOC(=O)C(=C)C. The number of hydrogen-bond acceptors (Lipinski definition) is 13. The molecule has 0 aromatic heterocycles. The molecule has 0 spiro atoms. The van der Waals surface area contributed by atoms with Gasteiger partial charge in [0.2, 0.25) is 0 Å². The van der Waals surface area contributed by atoms with Crippen molar-refractivity contribution in [3.63, 3.8) is 0 Å². The second-order valence-corrected chi connectivity index (χ2v) is 12.4. The molecule has 2 unspecified atom stereocenters. The van der Waals surface area contributed by atoms with Gasteiger partial charge in [0, 0.05) is 43.4 Å². The molecule has 3 amide bonds. The number of carbonyl (C=O) groups is 5. The lowest BCUT2D eigenvalue weighted by molar-refractivity contribution is -0.140. The summed E-state index contributed by atoms with van der Waals surface area (Å²) in [6.45, 7) is 13.1. The minimum atomic E-state index is -0.769. The second-order valence-electron chi connectivity index (χ2n) is 12.4. The van der Waals surface area contributed by atoms with E-state index in [1.54, 1.807) is 6.92 Å². The molecule has 0 bridgehead atoms. The van der Waals surface area contributed by atoms with Crippen LogP contribution in [0.15, 0.2) is 24.3 Å². The number of alkyl carbamates (subject to hydrolysis) is 3. The first-order valence-electron chi connectivity index (χ1n) is 18.1. The standard InChI is InChI=1S/C35H61N5O11/c1-27(2)30(41)47-23-25-50-34(45)38-19-11-6-5-10-17-36-32(43)40-21-14-9-15-29(40)16-22-49-33(44)37-18-12-7-8-13-20-39-35(46)51-26-24-48-31(42)28(3)4/h29,32,36,43H,1,3,5-26H2,2,4H3,(H,37,44)(H,38,45)(H,39,46). The highest BCUT2D eigenvalue weighted by atomic mass is 16.6. The monoisotopic (exact) mass is 727 g/mol. The zero-order valence-corrected chi connectivity index (χ0v) is 30.6. The van der Waals surface area contributed by atoms with Crippen molar-refractivity contribution in [2.45, 2.75) is 103 Å². The lowest BCUT2D eigenvalue weighted by atomic mass is 10.00. The third-order valence-corrected chi connectivity index (χ3v) is 7.81. The predicted octanol–water partition coefficient (Wildman–Crippen LogP) is 3.63. The summed E-state index contributed by atoms with van der Waals surface area (Å²) in [4.78, 5) is 60.0. The zero-order valence-electron chi connectivity index (χ0n) is 30.6. The van der Waals surface area contributed by atoms with Crippen LogP contribution < -0.4 is 21.3 Å². The normalized spacial score (nSPS) is 14.8. The molecule has 1 heterocycles. The van der Waals surface area contributed by atoms with Crippen LogP contribution in [0.2, 0.25) is 0 Å². The number of ether oxygens (including phenoxy) is 5. The summed E-state index contributed by atoms with van der Waals surface area (Å²) in [5.74, 6) is -1.04. The van der Waals surface area contributed by atoms with Crippen molar-refractivity contribution < 1.29 is 52.8 Å². The Bertz CT molecular complexity index is 1070. The highest BCUT2D eigenvalue weighted by Gasteiger charge is 2.27. The Labute approximate surface area is 302 Å². The number of nitrogens with zero attached hydrogens (tertiary/aromatic N) is 1. The van der Waals surface area contributed by atoms with Gasteiger partial charge in [0.15, 0.2) is 6.35 Å². The maximum Gasteiger partial charge on any atom is 0.407 e. The van der Waals surface area contributed by atoms with Crippen molar-refractivity contribution in [2.75, 3.05) is 65.8 Å². The average molecular weight is 728 g/mol. The molecule has 1 aliphatic rings. The van der Waals surface area contributed by atoms with Crippen molar-refractivity contribution in [1.29, 1.82) is 0 Å². The van der Waals surface area contributed by atoms with Crippen LogP contribution in [-0.2, 0) is 33.3 Å². The van der Waals surface area contributed by atoms with Gasteiger partial charge in [-0.25, -0.2) is 24.0 Å². The van der Waals surface area contributed by atoms with Crippen LogP contribution in [0.4, 0.5) is 14.4 Å². The van der Waals surface area contributed by atoms with Gasteiger partial charge in [-0.3, -0.25) is 10.2 Å². The summed E-state index contributed by atoms with van der Waals surface area (Å²) >= 11 is 0. The Balaban J connectivity index is 2.03. The maximum absolute atomic E-state index is 12.1. The van der Waals surface area contributed by atoms with Gasteiger partial charge in [-0.1, -0.05) is 45.3 Å². The number of likely N-dealkylation sites (tertiary alicyclic amines) is 1. The quantitative estimate of drug-likeness (QED) is 0.0270. The van der Waals surface area contributed by atoms with E-state index in [4.69, 9.17) is 23.7 Å². The first-order chi connectivity index (χ1) is 24.5. The van der Waals surface area contributed by atoms with Crippen LogP contribution in [0, 0.1) is 0 Å². The molecule has 16 nitrogen and oxygen atoms in total. The van der Waals surface area contributed by atoms with E-state index < -0.39 is 36.6 Å². The summed E-state index contributed by atoms with van der Waals surface area (Å²) < 4.78 is 25.0. The Morgan fingerprint density at radius 3 is 1.49 bits per heavy atom. The molecule has 0 aliphatic carbocycles. The topological polar surface area (TPSA) is 203 Å². The van der Waals surface area contributed by atoms with E-state index in [-0.39, 0.29) is 50.2 Å². The van der Waals surface area contributed by atoms with E-state index in [2.05, 4.69) is 34.4 Å². The van der Waals surface area contributed by atoms with E-state index in [0.717, 1.165) is 77.2 Å². The number of nitrogens with one attached hydrogen (secondary N) is 4. The molecular formula is C35H61N5O11. The molecule has 1 aliphatic heterocycles. The summed E-state index contributed by atoms with van der Waals surface area (Å²) in [7, 11) is 0. The van der Waals surface area contributed by atoms with Crippen LogP contribution in [-0.4, -0.2) is 118 Å². The van der Waals surface area contributed by atoms with Crippen LogP contribution >= 0.6 is 0 Å². The van der Waals surface area contributed by atoms with E-state index in [9.17, 15) is 29.1 Å². The van der Waals surface area contributed by atoms with Crippen molar-refractivity contribution in [3.8, 4) is 0 Å². The molecule has 1 rings (SSSR count). The molecule has 1 saturated heterocycles. The van der Waals surface area contributed by atoms with Gasteiger partial charge < -0.3 is 44.7 Å². The van der Waals surface area contributed by atoms with Gasteiger partial charge >= 0.3 is 30.2 Å². The first-order valence-corrected chi connectivity index (χ1v) is 18.1. The smallest absolute Gasteiger partial charge is 0.407 e. The van der Waals surface area contributed by atoms with Crippen LogP contribution in [0.3, 0.4) is 0 Å². The molecule has 1 fully saturated rings. The summed E-state index contributed by atoms with van der Waals surface area (Å²) in [5.41, 5.74) is 0.572. The fourth-order valence-electron chi connectivity index (χ4n) is 5.01. The Hall–Kier alpha value is -3.89. The molecule has 0 radical (unpaired) electrons. The summed E-state index contributed by atoms with van der Waals surface area (Å²) in [6, 6.07) is 0.114. The third-order valence-electron chi connectivity index (χ3n) is 7.81. The third kappa shape index (κ3) is 24.0. The Kier molecular flexibility index (Phi) is 25.5. The van der Waals surface area contributed by atoms with Gasteiger partial charge in [0.25, 0.3) is 0 Å². The maximum atomic E-state index is 12.1. The summed E-state index contributed by atoms with van der Waals surface area (Å²) in [5, 5.41) is 22.1. The molecule has 0 aromatic rings. The van der Waals surface area contributed by atoms with E-state index in [1.807, 2.05) is 4.90 Å². The number of amides is 3. The fourth-order valence-corrected chi connectivity index (χ4v) is 5.01. The Morgan fingerprint density at radius 2 is 1.04 bits per heavy atom. The lowest BCUT2D eigenvalue weighted by Gasteiger charge is -2.39. The number of piperidine rings is 1. The molecule has 0 saturated carbocycles. The minimum absolute atomic E-state index is 0.0181. The van der Waals surface area contributed by atoms with Crippen molar-refractivity contribution in [2.24, 2.45) is 0 Å². The van der Waals surface area contributed by atoms with Crippen LogP contribution in [0.25, 0.3) is 0 Å². The number of hydrogen-bond donors (Lipinski definition) is 5. The van der Waals surface area contributed by atoms with E-state index in [0.29, 0.717) is 32.6 Å². The second kappa shape index (κ2) is 28.8. The van der Waals surface area contributed by atoms with Crippen molar-refractivity contribution >= 4 is 30.2 Å². The molecule has 2 atom stereocenters. The minimum Gasteiger partial charge on any atom is -0.459 e. The van der Waals surface area contributed by atoms with Gasteiger partial charge in [-0.15, -0.1) is 0 Å². The largest absolute Gasteiger partial charge is 0.459 e. The molecule has 5 N–H and O–H groups in total. The number of carbonyl (C=O) groups excluding carboxylic acids is 5. The number of rotatable bonds is 27. The van der Waals surface area contributed by atoms with Crippen LogP contribution in [0.1, 0.15) is 90.9 Å². The van der Waals surface area contributed by atoms with Crippen LogP contribution in [0.5, 0.6) is 0 Å². The molecule has 16 heteroatoms. The highest BCUT2D eigenvalue weighted by molar-refractivity contribution is 5.87. The lowest BCUT2D eigenvalue weighted by Crippen LogP contribution is -2.53. The Morgan fingerprint density at radius 1 is 0.627 bits per heavy atom. The molecular weight excluding hydrogens is 666 g/mol. The zero-order chi connectivity index (χ0) is 37.7. The van der Waals surface area contributed by atoms with Gasteiger partial charge in [-0.05, 0) is 65.3 Å². The van der Waals surface area contributed by atoms with Gasteiger partial charge in [0.1, 0.15) is 26.4 Å². The van der Waals surface area contributed by atoms with Gasteiger partial charge in [0.05, 0.1) is 6.61 Å². The molecule has 51 heavy (non-hydrogen) atoms. The number of unbranched alkanes of at least 4 members (excludes halogenated alkanes) is 6. The molecule has 0 aromatic carbocycles. The predicted molar refractivity (Wildman–Crippen MR) is 190 cm³/mol. The molecule has 292 valence electrons. The average Bonchev–Trinajstić information content (AvgIpc) is 3.10. The van der Waals surface area contributed by atoms with Gasteiger partial charge in [-0.2, -0.15) is 0 Å². The number of aliphatic hydroxyl groups is 1. The highest BCUT2D eigenvalue weighted by Crippen LogP contribution is 2.21. The van der Waals surface area contributed by atoms with Crippen molar-refractivity contribution in [1.82, 2.24) is 26.2 Å². The first kappa shape index (κ1) is 45.1. The number of esters is 2. The van der Waals surface area contributed by atoms with Crippen molar-refractivity contribution in [3.05, 3.63) is 24.3 Å².